The second kappa shape index (κ2) is 5.56. The molecule has 3 nitrogen and oxygen atoms in total. The van der Waals surface area contributed by atoms with Gasteiger partial charge in [0.25, 0.3) is 0 Å². The van der Waals surface area contributed by atoms with E-state index in [9.17, 15) is 13.2 Å². The van der Waals surface area contributed by atoms with Gasteiger partial charge in [0, 0.05) is 5.56 Å². The van der Waals surface area contributed by atoms with Gasteiger partial charge in [-0.05, 0) is 17.7 Å². The standard InChI is InChI=1S/C13H10BF3O3/c15-13(16,17)11-7-3-1-5-9(11)10-6-2-4-8-12(10)20-14(18)19/h1-8,18-19H. The minimum Gasteiger partial charge on any atom is -0.512 e. The summed E-state index contributed by atoms with van der Waals surface area (Å²) in [6, 6.07) is 10.9. The molecule has 7 heteroatoms. The maximum absolute atomic E-state index is 13.0. The lowest BCUT2D eigenvalue weighted by atomic mass is 9.98. The Morgan fingerprint density at radius 2 is 1.40 bits per heavy atom. The fourth-order valence-corrected chi connectivity index (χ4v) is 1.87. The van der Waals surface area contributed by atoms with Gasteiger partial charge in [0.05, 0.1) is 5.56 Å². The molecule has 0 fully saturated rings. The zero-order valence-electron chi connectivity index (χ0n) is 10.1. The van der Waals surface area contributed by atoms with Crippen LogP contribution in [0.25, 0.3) is 11.1 Å². The Morgan fingerprint density at radius 3 is 2.00 bits per heavy atom. The number of alkyl halides is 3. The number of hydrogen-bond donors (Lipinski definition) is 2. The molecule has 0 aliphatic carbocycles. The van der Waals surface area contributed by atoms with Crippen molar-refractivity contribution >= 4 is 7.32 Å². The van der Waals surface area contributed by atoms with Crippen molar-refractivity contribution in [1.82, 2.24) is 0 Å². The first kappa shape index (κ1) is 14.4. The predicted molar refractivity (Wildman–Crippen MR) is 67.7 cm³/mol. The number of hydrogen-bond acceptors (Lipinski definition) is 3. The zero-order valence-corrected chi connectivity index (χ0v) is 10.1. The third-order valence-electron chi connectivity index (χ3n) is 2.64. The van der Waals surface area contributed by atoms with Gasteiger partial charge in [0.2, 0.25) is 0 Å². The number of halogens is 3. The largest absolute Gasteiger partial charge is 0.707 e. The Kier molecular flexibility index (Phi) is 4.01. The molecule has 0 radical (unpaired) electrons. The van der Waals surface area contributed by atoms with Crippen LogP contribution in [-0.2, 0) is 6.18 Å². The van der Waals surface area contributed by atoms with Gasteiger partial charge < -0.3 is 14.7 Å². The molecule has 2 aromatic carbocycles. The Bertz CT molecular complexity index is 599. The molecule has 2 N–H and O–H groups in total. The van der Waals surface area contributed by atoms with Crippen LogP contribution in [0.15, 0.2) is 48.5 Å². The van der Waals surface area contributed by atoms with E-state index >= 15 is 0 Å². The predicted octanol–water partition coefficient (Wildman–Crippen LogP) is 2.72. The van der Waals surface area contributed by atoms with Crippen molar-refractivity contribution in [3.8, 4) is 16.9 Å². The Balaban J connectivity index is 2.58. The Morgan fingerprint density at radius 1 is 0.850 bits per heavy atom. The molecule has 0 atom stereocenters. The van der Waals surface area contributed by atoms with E-state index in [0.29, 0.717) is 0 Å². The molecule has 0 spiro atoms. The number of para-hydroxylation sites is 1. The van der Waals surface area contributed by atoms with Gasteiger partial charge in [0.1, 0.15) is 5.75 Å². The van der Waals surface area contributed by atoms with Gasteiger partial charge in [-0.2, -0.15) is 13.2 Å². The summed E-state index contributed by atoms with van der Waals surface area (Å²) < 4.78 is 43.7. The van der Waals surface area contributed by atoms with E-state index in [0.717, 1.165) is 6.07 Å². The highest BCUT2D eigenvalue weighted by molar-refractivity contribution is 6.34. The van der Waals surface area contributed by atoms with E-state index in [1.807, 2.05) is 0 Å². The van der Waals surface area contributed by atoms with Gasteiger partial charge in [-0.25, -0.2) is 0 Å². The number of rotatable bonds is 3. The van der Waals surface area contributed by atoms with E-state index in [2.05, 4.69) is 0 Å². The molecule has 20 heavy (non-hydrogen) atoms. The highest BCUT2D eigenvalue weighted by atomic mass is 19.4. The fraction of sp³-hybridized carbons (Fsp3) is 0.0769. The summed E-state index contributed by atoms with van der Waals surface area (Å²) >= 11 is 0. The molecule has 104 valence electrons. The molecule has 0 aromatic heterocycles. The van der Waals surface area contributed by atoms with Crippen molar-refractivity contribution in [3.05, 3.63) is 54.1 Å². The van der Waals surface area contributed by atoms with E-state index < -0.39 is 19.1 Å². The summed E-state index contributed by atoms with van der Waals surface area (Å²) in [5, 5.41) is 17.6. The second-order valence-corrected chi connectivity index (χ2v) is 3.98. The smallest absolute Gasteiger partial charge is 0.512 e. The first-order valence-electron chi connectivity index (χ1n) is 5.68. The summed E-state index contributed by atoms with van der Waals surface area (Å²) in [5.74, 6) is -0.0424. The lowest BCUT2D eigenvalue weighted by molar-refractivity contribution is -0.137. The minimum absolute atomic E-state index is 0.0424. The molecule has 0 aliphatic rings. The molecule has 0 unspecified atom stereocenters. The summed E-state index contributed by atoms with van der Waals surface area (Å²) in [6.07, 6.45) is -4.51. The third-order valence-corrected chi connectivity index (χ3v) is 2.64. The van der Waals surface area contributed by atoms with Crippen LogP contribution in [0.3, 0.4) is 0 Å². The van der Waals surface area contributed by atoms with E-state index in [1.165, 1.54) is 36.4 Å². The average molecular weight is 282 g/mol. The summed E-state index contributed by atoms with van der Waals surface area (Å²) in [7, 11) is -2.10. The quantitative estimate of drug-likeness (QED) is 0.851. The van der Waals surface area contributed by atoms with Crippen LogP contribution < -0.4 is 4.65 Å². The van der Waals surface area contributed by atoms with Gasteiger partial charge in [-0.3, -0.25) is 0 Å². The molecule has 0 saturated carbocycles. The molecule has 0 heterocycles. The molecule has 0 aliphatic heterocycles. The van der Waals surface area contributed by atoms with Gasteiger partial charge >= 0.3 is 13.5 Å². The molecule has 0 amide bonds. The van der Waals surface area contributed by atoms with E-state index in [4.69, 9.17) is 14.7 Å². The maximum Gasteiger partial charge on any atom is 0.707 e. The molecular formula is C13H10BF3O3. The summed E-state index contributed by atoms with van der Waals surface area (Å²) in [5.41, 5.74) is -0.770. The van der Waals surface area contributed by atoms with Crippen LogP contribution in [0.5, 0.6) is 5.75 Å². The van der Waals surface area contributed by atoms with Crippen molar-refractivity contribution in [2.75, 3.05) is 0 Å². The minimum atomic E-state index is -4.51. The first-order chi connectivity index (χ1) is 9.39. The topological polar surface area (TPSA) is 49.7 Å². The maximum atomic E-state index is 13.0. The van der Waals surface area contributed by atoms with Crippen molar-refractivity contribution in [2.24, 2.45) is 0 Å². The van der Waals surface area contributed by atoms with Crippen LogP contribution in [-0.4, -0.2) is 17.4 Å². The number of benzene rings is 2. The highest BCUT2D eigenvalue weighted by Crippen LogP contribution is 2.40. The first-order valence-corrected chi connectivity index (χ1v) is 5.68. The van der Waals surface area contributed by atoms with Crippen molar-refractivity contribution in [3.63, 3.8) is 0 Å². The Labute approximate surface area is 113 Å². The van der Waals surface area contributed by atoms with Crippen molar-refractivity contribution in [2.45, 2.75) is 6.18 Å². The normalized spacial score (nSPS) is 11.2. The molecule has 2 rings (SSSR count). The van der Waals surface area contributed by atoms with Crippen LogP contribution in [0, 0.1) is 0 Å². The second-order valence-electron chi connectivity index (χ2n) is 3.98. The van der Waals surface area contributed by atoms with Gasteiger partial charge in [0.15, 0.2) is 0 Å². The van der Waals surface area contributed by atoms with E-state index in [-0.39, 0.29) is 16.9 Å². The lowest BCUT2D eigenvalue weighted by Gasteiger charge is -2.16. The lowest BCUT2D eigenvalue weighted by Crippen LogP contribution is -2.21. The van der Waals surface area contributed by atoms with Crippen LogP contribution in [0.4, 0.5) is 13.2 Å². The molecule has 2 aromatic rings. The average Bonchev–Trinajstić information content (AvgIpc) is 2.38. The van der Waals surface area contributed by atoms with Gasteiger partial charge in [-0.15, -0.1) is 0 Å². The molecular weight excluding hydrogens is 272 g/mol. The zero-order chi connectivity index (χ0) is 14.8. The fourth-order valence-electron chi connectivity index (χ4n) is 1.87. The van der Waals surface area contributed by atoms with Gasteiger partial charge in [-0.1, -0.05) is 36.4 Å². The monoisotopic (exact) mass is 282 g/mol. The van der Waals surface area contributed by atoms with Crippen LogP contribution in [0.1, 0.15) is 5.56 Å². The van der Waals surface area contributed by atoms with Crippen molar-refractivity contribution in [1.29, 1.82) is 0 Å². The Hall–Kier alpha value is -1.99. The van der Waals surface area contributed by atoms with Crippen LogP contribution in [0.2, 0.25) is 0 Å². The van der Waals surface area contributed by atoms with Crippen LogP contribution >= 0.6 is 0 Å². The van der Waals surface area contributed by atoms with Crippen molar-refractivity contribution < 1.29 is 27.9 Å². The summed E-state index contributed by atoms with van der Waals surface area (Å²) in [4.78, 5) is 0. The molecule has 0 bridgehead atoms. The SMILES string of the molecule is OB(O)Oc1ccccc1-c1ccccc1C(F)(F)F. The van der Waals surface area contributed by atoms with E-state index in [1.54, 1.807) is 6.07 Å². The third kappa shape index (κ3) is 3.12. The molecule has 0 saturated heterocycles. The summed E-state index contributed by atoms with van der Waals surface area (Å²) in [6.45, 7) is 0. The highest BCUT2D eigenvalue weighted by Gasteiger charge is 2.34.